The molecule has 256 valence electrons. The number of aromatic nitrogens is 2. The van der Waals surface area contributed by atoms with Gasteiger partial charge in [0.2, 0.25) is 0 Å². The summed E-state index contributed by atoms with van der Waals surface area (Å²) in [6, 6.07) is 0.109. The molecule has 0 aromatic carbocycles. The van der Waals surface area contributed by atoms with Crippen molar-refractivity contribution in [2.75, 3.05) is 26.2 Å². The number of amides is 2. The second kappa shape index (κ2) is 15.9. The van der Waals surface area contributed by atoms with E-state index in [0.717, 1.165) is 41.4 Å². The molecule has 2 heterocycles. The van der Waals surface area contributed by atoms with Gasteiger partial charge in [0.15, 0.2) is 0 Å². The van der Waals surface area contributed by atoms with Crippen LogP contribution in [0.1, 0.15) is 79.5 Å². The van der Waals surface area contributed by atoms with E-state index in [9.17, 15) is 9.59 Å². The third-order valence-electron chi connectivity index (χ3n) is 7.71. The summed E-state index contributed by atoms with van der Waals surface area (Å²) in [6.07, 6.45) is 18.6. The lowest BCUT2D eigenvalue weighted by Crippen LogP contribution is -2.44. The van der Waals surface area contributed by atoms with Gasteiger partial charge < -0.3 is 24.7 Å². The number of hydrogen-bond donors (Lipinski definition) is 2. The maximum Gasteiger partial charge on any atom is 0.410 e. The molecule has 10 nitrogen and oxygen atoms in total. The van der Waals surface area contributed by atoms with Crippen LogP contribution in [0.5, 0.6) is 0 Å². The van der Waals surface area contributed by atoms with E-state index in [0.29, 0.717) is 44.8 Å². The second-order valence-electron chi connectivity index (χ2n) is 14.2. The predicted molar refractivity (Wildman–Crippen MR) is 190 cm³/mol. The highest BCUT2D eigenvalue weighted by molar-refractivity contribution is 5.89. The van der Waals surface area contributed by atoms with Crippen LogP contribution >= 0.6 is 0 Å². The average molecular weight is 655 g/mol. The Kier molecular flexibility index (Phi) is 12.0. The number of aromatic amines is 1. The molecule has 2 N–H and O–H groups in total. The summed E-state index contributed by atoms with van der Waals surface area (Å²) in [5.74, 6) is 10.9. The van der Waals surface area contributed by atoms with Crippen molar-refractivity contribution in [1.82, 2.24) is 25.1 Å². The lowest BCUT2D eigenvalue weighted by atomic mass is 9.93. The Morgan fingerprint density at radius 2 is 1.77 bits per heavy atom. The van der Waals surface area contributed by atoms with Crippen LogP contribution in [0.4, 0.5) is 9.59 Å². The van der Waals surface area contributed by atoms with Crippen molar-refractivity contribution in [2.45, 2.75) is 97.4 Å². The first-order valence-corrected chi connectivity index (χ1v) is 16.7. The van der Waals surface area contributed by atoms with Crippen molar-refractivity contribution in [2.24, 2.45) is 10.9 Å². The highest BCUT2D eigenvalue weighted by Crippen LogP contribution is 2.23. The minimum atomic E-state index is -0.601. The van der Waals surface area contributed by atoms with Crippen LogP contribution in [0.3, 0.4) is 0 Å². The Labute approximate surface area is 285 Å². The van der Waals surface area contributed by atoms with Crippen molar-refractivity contribution in [3.05, 3.63) is 52.5 Å². The van der Waals surface area contributed by atoms with Gasteiger partial charge in [-0.25, -0.2) is 14.6 Å². The summed E-state index contributed by atoms with van der Waals surface area (Å²) in [6.45, 7) is 17.1. The number of aliphatic imine (C=N–C) groups is 1. The van der Waals surface area contributed by atoms with E-state index in [2.05, 4.69) is 58.9 Å². The fraction of sp³-hybridized carbons (Fsp3) is 0.526. The number of hydrogen-bond acceptors (Lipinski definition) is 7. The van der Waals surface area contributed by atoms with Gasteiger partial charge in [0.1, 0.15) is 22.9 Å². The van der Waals surface area contributed by atoms with Crippen molar-refractivity contribution in [1.29, 1.82) is 0 Å². The minimum Gasteiger partial charge on any atom is -0.444 e. The zero-order valence-corrected chi connectivity index (χ0v) is 29.3. The highest BCUT2D eigenvalue weighted by atomic mass is 16.6. The summed E-state index contributed by atoms with van der Waals surface area (Å²) >= 11 is 0. The van der Waals surface area contributed by atoms with Crippen LogP contribution in [0.2, 0.25) is 0 Å². The molecule has 0 fully saturated rings. The third kappa shape index (κ3) is 10.9. The van der Waals surface area contributed by atoms with Crippen molar-refractivity contribution >= 4 is 30.2 Å². The van der Waals surface area contributed by atoms with Crippen molar-refractivity contribution < 1.29 is 19.1 Å². The van der Waals surface area contributed by atoms with Gasteiger partial charge in [-0.15, -0.1) is 18.9 Å². The van der Waals surface area contributed by atoms with Crippen LogP contribution in [0.25, 0.3) is 12.2 Å². The van der Waals surface area contributed by atoms with Crippen LogP contribution in [0, 0.1) is 30.1 Å². The second-order valence-corrected chi connectivity index (χ2v) is 14.2. The largest absolute Gasteiger partial charge is 0.444 e. The Morgan fingerprint density at radius 3 is 2.40 bits per heavy atom. The number of amidine groups is 1. The molecular weight excluding hydrogens is 604 g/mol. The number of fused-ring (bicyclic) bond motifs is 1. The molecule has 0 spiro atoms. The number of ether oxygens (including phenoxy) is 2. The number of allylic oxidation sites excluding steroid dienone is 3. The Balaban J connectivity index is 1.35. The first-order valence-electron chi connectivity index (χ1n) is 16.7. The molecule has 0 radical (unpaired) electrons. The highest BCUT2D eigenvalue weighted by Gasteiger charge is 2.27. The summed E-state index contributed by atoms with van der Waals surface area (Å²) in [7, 11) is 0. The molecule has 3 aliphatic rings. The summed E-state index contributed by atoms with van der Waals surface area (Å²) in [5, 5.41) is 5.30. The number of imidazole rings is 1. The molecule has 1 aromatic heterocycles. The summed E-state index contributed by atoms with van der Waals surface area (Å²) < 4.78 is 11.2. The van der Waals surface area contributed by atoms with E-state index >= 15 is 0 Å². The fourth-order valence-corrected chi connectivity index (χ4v) is 5.38. The van der Waals surface area contributed by atoms with E-state index in [4.69, 9.17) is 25.9 Å². The molecule has 0 saturated carbocycles. The number of rotatable bonds is 10. The van der Waals surface area contributed by atoms with Crippen LogP contribution in [-0.2, 0) is 16.0 Å². The number of terminal acetylenes is 1. The van der Waals surface area contributed by atoms with E-state index in [1.165, 1.54) is 5.57 Å². The van der Waals surface area contributed by atoms with Gasteiger partial charge >= 0.3 is 12.2 Å². The molecule has 1 aliphatic heterocycles. The Bertz CT molecular complexity index is 1680. The number of nitrogens with zero attached hydrogens (tertiary/aromatic N) is 4. The predicted octanol–water partition coefficient (Wildman–Crippen LogP) is 4.58. The molecule has 2 unspecified atom stereocenters. The van der Waals surface area contributed by atoms with Crippen LogP contribution in [-0.4, -0.2) is 81.2 Å². The quantitative estimate of drug-likeness (QED) is 0.282. The maximum absolute atomic E-state index is 12.8. The fourth-order valence-electron chi connectivity index (χ4n) is 5.38. The zero-order chi connectivity index (χ0) is 34.9. The lowest BCUT2D eigenvalue weighted by molar-refractivity contribution is 0.0231. The zero-order valence-electron chi connectivity index (χ0n) is 29.3. The molecule has 2 aliphatic carbocycles. The lowest BCUT2D eigenvalue weighted by Gasteiger charge is -2.27. The van der Waals surface area contributed by atoms with E-state index < -0.39 is 17.3 Å². The Hall–Kier alpha value is -4.70. The molecular formula is C38H50N6O4. The molecule has 1 aromatic rings. The number of carbonyl (C=O) groups is 2. The summed E-state index contributed by atoms with van der Waals surface area (Å²) in [5.41, 5.74) is 1.22. The smallest absolute Gasteiger partial charge is 0.410 e. The number of carbonyl (C=O) groups excluding carboxylic acids is 2. The van der Waals surface area contributed by atoms with Gasteiger partial charge in [0.25, 0.3) is 0 Å². The van der Waals surface area contributed by atoms with E-state index in [-0.39, 0.29) is 24.6 Å². The number of H-pyrrole nitrogens is 1. The third-order valence-corrected chi connectivity index (χ3v) is 7.71. The van der Waals surface area contributed by atoms with Crippen molar-refractivity contribution in [3.8, 4) is 24.2 Å². The first kappa shape index (κ1) is 36.1. The van der Waals surface area contributed by atoms with Gasteiger partial charge in [-0.1, -0.05) is 36.1 Å². The topological polar surface area (TPSA) is 112 Å². The average Bonchev–Trinajstić information content (AvgIpc) is 3.65. The minimum absolute atomic E-state index is 0.0574. The monoisotopic (exact) mass is 654 g/mol. The Morgan fingerprint density at radius 1 is 1.06 bits per heavy atom. The standard InChI is InChI=1S/C38H50N6O4/c1-9-11-21-43(35(45)47-37(3,4)5)25-33-39-24-32(42-33)29-18-15-27(16-19-29)13-14-28-17-20-30-31(23-28)41-34(40-30)26-44(22-12-10-2)36(46)48-38(6,7)8/h2,9,15,18,20,23,28,32H,1,11-12,16-17,19,21-22,24-26H2,3-8H3,(H,39,42)(H,40,41). The molecule has 10 heteroatoms. The van der Waals surface area contributed by atoms with Crippen molar-refractivity contribution in [3.63, 3.8) is 0 Å². The molecule has 0 saturated heterocycles. The SMILES string of the molecule is C#CCCN(Cc1nc2c([nH]1)=CC(C#CC1=CC=C(C3CN=C(CN(CCC=C)C(=O)OC(C)(C)C)N3)CC1)CC=2)C(=O)OC(C)(C)C. The maximum atomic E-state index is 12.8. The van der Waals surface area contributed by atoms with Crippen LogP contribution in [0.15, 0.2) is 40.9 Å². The van der Waals surface area contributed by atoms with Gasteiger partial charge in [-0.2, -0.15) is 0 Å². The van der Waals surface area contributed by atoms with Gasteiger partial charge in [-0.3, -0.25) is 9.89 Å². The van der Waals surface area contributed by atoms with Gasteiger partial charge in [0, 0.05) is 31.0 Å². The number of nitrogens with one attached hydrogen (secondary N) is 2. The molecule has 2 atom stereocenters. The van der Waals surface area contributed by atoms with Gasteiger partial charge in [0.05, 0.1) is 36.4 Å². The van der Waals surface area contributed by atoms with Crippen LogP contribution < -0.4 is 16.0 Å². The normalized spacial score (nSPS) is 18.5. The molecule has 2 amide bonds. The molecule has 48 heavy (non-hydrogen) atoms. The molecule has 4 rings (SSSR count). The molecule has 0 bridgehead atoms. The van der Waals surface area contributed by atoms with Gasteiger partial charge in [-0.05, 0) is 78.9 Å². The summed E-state index contributed by atoms with van der Waals surface area (Å²) in [4.78, 5) is 41.6. The van der Waals surface area contributed by atoms with E-state index in [1.54, 1.807) is 15.9 Å². The first-order chi connectivity index (χ1) is 22.7. The van der Waals surface area contributed by atoms with E-state index in [1.807, 2.05) is 41.5 Å².